The van der Waals surface area contributed by atoms with Crippen LogP contribution in [0.5, 0.6) is 0 Å². The molecule has 4 aromatic rings. The molecule has 0 spiro atoms. The number of carbonyl (C=O) groups is 1. The maximum atomic E-state index is 13.5. The number of benzene rings is 1. The van der Waals surface area contributed by atoms with E-state index >= 15 is 0 Å². The molecule has 1 aromatic carbocycles. The minimum atomic E-state index is -3.81. The first-order valence-corrected chi connectivity index (χ1v) is 13.3. The molecule has 1 saturated heterocycles. The number of sulfonamides is 1. The summed E-state index contributed by atoms with van der Waals surface area (Å²) in [7, 11) is -3.81. The zero-order valence-electron chi connectivity index (χ0n) is 18.2. The number of aromatic amines is 1. The molecule has 1 aliphatic heterocycles. The summed E-state index contributed by atoms with van der Waals surface area (Å²) in [6, 6.07) is 10.6. The molecule has 172 valence electrons. The van der Waals surface area contributed by atoms with Crippen molar-refractivity contribution in [3.63, 3.8) is 0 Å². The summed E-state index contributed by atoms with van der Waals surface area (Å²) < 4.78 is 29.3. The Morgan fingerprint density at radius 1 is 1.21 bits per heavy atom. The van der Waals surface area contributed by atoms with Gasteiger partial charge in [0.1, 0.15) is 4.21 Å². The highest BCUT2D eigenvalue weighted by Gasteiger charge is 2.40. The molecule has 0 bridgehead atoms. The maximum absolute atomic E-state index is 13.5. The lowest BCUT2D eigenvalue weighted by atomic mass is 10.00. The fourth-order valence-electron chi connectivity index (χ4n) is 4.29. The van der Waals surface area contributed by atoms with E-state index < -0.39 is 10.0 Å². The first kappa shape index (κ1) is 22.3. The molecule has 1 N–H and O–H groups in total. The van der Waals surface area contributed by atoms with Crippen LogP contribution in [0.4, 0.5) is 0 Å². The Hall–Kier alpha value is -2.46. The fraction of sp³-hybridized carbons (Fsp3) is 0.304. The molecule has 10 heteroatoms. The standard InChI is InChI=1S/C23H23ClN4O3S2/c1-14(2)20-12-27(33(30,31)23-8-15-3-4-17(24)9-21(15)32-23)13-22(29)28(20)11-18-7-16-10-25-6-5-19(16)26-18/h3-10,14,20,26H,11-13H2,1-2H3/t20-/m1/s1. The van der Waals surface area contributed by atoms with Crippen molar-refractivity contribution in [3.8, 4) is 0 Å². The topological polar surface area (TPSA) is 86.4 Å². The van der Waals surface area contributed by atoms with Crippen molar-refractivity contribution in [2.75, 3.05) is 13.1 Å². The Morgan fingerprint density at radius 3 is 2.79 bits per heavy atom. The smallest absolute Gasteiger partial charge is 0.253 e. The van der Waals surface area contributed by atoms with E-state index in [4.69, 9.17) is 11.6 Å². The van der Waals surface area contributed by atoms with Crippen molar-refractivity contribution in [1.29, 1.82) is 0 Å². The minimum absolute atomic E-state index is 0.0826. The second kappa shape index (κ2) is 8.39. The van der Waals surface area contributed by atoms with Crippen LogP contribution < -0.4 is 0 Å². The van der Waals surface area contributed by atoms with Gasteiger partial charge in [0.2, 0.25) is 5.91 Å². The average Bonchev–Trinajstić information content (AvgIpc) is 3.38. The largest absolute Gasteiger partial charge is 0.357 e. The monoisotopic (exact) mass is 502 g/mol. The van der Waals surface area contributed by atoms with Crippen molar-refractivity contribution in [2.24, 2.45) is 5.92 Å². The molecule has 1 aliphatic rings. The molecule has 1 amide bonds. The highest BCUT2D eigenvalue weighted by Crippen LogP contribution is 2.34. The van der Waals surface area contributed by atoms with Gasteiger partial charge < -0.3 is 9.88 Å². The molecule has 0 aliphatic carbocycles. The zero-order valence-corrected chi connectivity index (χ0v) is 20.5. The first-order valence-electron chi connectivity index (χ1n) is 10.6. The lowest BCUT2D eigenvalue weighted by Gasteiger charge is -2.42. The Kier molecular flexibility index (Phi) is 5.68. The number of piperazine rings is 1. The van der Waals surface area contributed by atoms with Crippen molar-refractivity contribution >= 4 is 59.9 Å². The van der Waals surface area contributed by atoms with E-state index in [2.05, 4.69) is 9.97 Å². The van der Waals surface area contributed by atoms with Crippen LogP contribution in [0.25, 0.3) is 21.0 Å². The van der Waals surface area contributed by atoms with Crippen LogP contribution in [0.1, 0.15) is 19.5 Å². The van der Waals surface area contributed by atoms with Gasteiger partial charge >= 0.3 is 0 Å². The molecule has 0 unspecified atom stereocenters. The highest BCUT2D eigenvalue weighted by atomic mass is 35.5. The fourth-order valence-corrected chi connectivity index (χ4v) is 7.53. The average molecular weight is 503 g/mol. The lowest BCUT2D eigenvalue weighted by Crippen LogP contribution is -2.58. The number of nitrogens with zero attached hydrogens (tertiary/aromatic N) is 3. The van der Waals surface area contributed by atoms with E-state index in [1.54, 1.807) is 35.5 Å². The number of aromatic nitrogens is 2. The van der Waals surface area contributed by atoms with E-state index in [-0.39, 0.29) is 35.2 Å². The molecule has 1 atom stereocenters. The summed E-state index contributed by atoms with van der Waals surface area (Å²) in [5.41, 5.74) is 1.86. The SMILES string of the molecule is CC(C)[C@H]1CN(S(=O)(=O)c2cc3ccc(Cl)cc3s2)CC(=O)N1Cc1cc2cnccc2[nH]1. The molecule has 0 saturated carbocycles. The number of H-pyrrole nitrogens is 1. The van der Waals surface area contributed by atoms with E-state index in [1.165, 1.54) is 15.6 Å². The van der Waals surface area contributed by atoms with Crippen LogP contribution in [-0.4, -0.2) is 52.6 Å². The van der Waals surface area contributed by atoms with Crippen LogP contribution >= 0.6 is 22.9 Å². The number of thiophene rings is 1. The minimum Gasteiger partial charge on any atom is -0.357 e. The molecule has 3 aromatic heterocycles. The normalized spacial score (nSPS) is 18.1. The third-order valence-electron chi connectivity index (χ3n) is 6.06. The zero-order chi connectivity index (χ0) is 23.3. The summed E-state index contributed by atoms with van der Waals surface area (Å²) in [6.45, 7) is 4.49. The van der Waals surface area contributed by atoms with Gasteiger partial charge in [0.05, 0.1) is 13.1 Å². The third kappa shape index (κ3) is 4.14. The second-order valence-electron chi connectivity index (χ2n) is 8.64. The van der Waals surface area contributed by atoms with Gasteiger partial charge in [0.25, 0.3) is 10.0 Å². The van der Waals surface area contributed by atoms with Gasteiger partial charge in [-0.3, -0.25) is 9.78 Å². The van der Waals surface area contributed by atoms with Crippen LogP contribution in [0.15, 0.2) is 53.0 Å². The van der Waals surface area contributed by atoms with Gasteiger partial charge in [0.15, 0.2) is 0 Å². The number of nitrogens with one attached hydrogen (secondary N) is 1. The second-order valence-corrected chi connectivity index (χ2v) is 12.3. The van der Waals surface area contributed by atoms with E-state index in [9.17, 15) is 13.2 Å². The number of fused-ring (bicyclic) bond motifs is 2. The summed E-state index contributed by atoms with van der Waals surface area (Å²) in [4.78, 5) is 22.5. The third-order valence-corrected chi connectivity index (χ3v) is 9.66. The Balaban J connectivity index is 1.42. The molecular weight excluding hydrogens is 480 g/mol. The molecule has 0 radical (unpaired) electrons. The lowest BCUT2D eigenvalue weighted by molar-refractivity contribution is -0.139. The van der Waals surface area contributed by atoms with E-state index in [0.717, 1.165) is 26.7 Å². The van der Waals surface area contributed by atoms with Crippen molar-refractivity contribution in [1.82, 2.24) is 19.2 Å². The van der Waals surface area contributed by atoms with Crippen molar-refractivity contribution < 1.29 is 13.2 Å². The van der Waals surface area contributed by atoms with E-state index in [0.29, 0.717) is 11.6 Å². The number of hydrogen-bond donors (Lipinski definition) is 1. The van der Waals surface area contributed by atoms with E-state index in [1.807, 2.05) is 32.0 Å². The Bertz CT molecular complexity index is 1430. The van der Waals surface area contributed by atoms with Gasteiger partial charge in [-0.2, -0.15) is 4.31 Å². The number of amides is 1. The Labute approximate surface area is 201 Å². The van der Waals surface area contributed by atoms with Crippen molar-refractivity contribution in [3.05, 3.63) is 59.5 Å². The number of rotatable bonds is 5. The van der Waals surface area contributed by atoms with Crippen LogP contribution in [0.2, 0.25) is 5.02 Å². The summed E-state index contributed by atoms with van der Waals surface area (Å²) in [5, 5.41) is 2.36. The predicted molar refractivity (Wildman–Crippen MR) is 131 cm³/mol. The number of pyridine rings is 1. The summed E-state index contributed by atoms with van der Waals surface area (Å²) in [5.74, 6) is -0.122. The maximum Gasteiger partial charge on any atom is 0.253 e. The van der Waals surface area contributed by atoms with Gasteiger partial charge in [-0.25, -0.2) is 8.42 Å². The molecular formula is C23H23ClN4O3S2. The molecule has 33 heavy (non-hydrogen) atoms. The quantitative estimate of drug-likeness (QED) is 0.435. The van der Waals surface area contributed by atoms with Crippen molar-refractivity contribution in [2.45, 2.75) is 30.6 Å². The van der Waals surface area contributed by atoms with Gasteiger partial charge in [-0.15, -0.1) is 11.3 Å². The predicted octanol–water partition coefficient (Wildman–Crippen LogP) is 4.49. The molecule has 7 nitrogen and oxygen atoms in total. The van der Waals surface area contributed by atoms with Crippen LogP contribution in [-0.2, 0) is 21.4 Å². The number of carbonyl (C=O) groups excluding carboxylic acids is 1. The number of halogens is 1. The van der Waals surface area contributed by atoms with Crippen LogP contribution in [0, 0.1) is 5.92 Å². The van der Waals surface area contributed by atoms with Crippen LogP contribution in [0.3, 0.4) is 0 Å². The van der Waals surface area contributed by atoms with Gasteiger partial charge in [-0.1, -0.05) is 31.5 Å². The number of hydrogen-bond acceptors (Lipinski definition) is 5. The van der Waals surface area contributed by atoms with Gasteiger partial charge in [-0.05, 0) is 41.6 Å². The summed E-state index contributed by atoms with van der Waals surface area (Å²) >= 11 is 7.24. The molecule has 4 heterocycles. The Morgan fingerprint density at radius 2 is 2.03 bits per heavy atom. The molecule has 5 rings (SSSR count). The van der Waals surface area contributed by atoms with Gasteiger partial charge in [0, 0.05) is 51.3 Å². The molecule has 1 fully saturated rings. The first-order chi connectivity index (χ1) is 15.7. The highest BCUT2D eigenvalue weighted by molar-refractivity contribution is 7.91. The summed E-state index contributed by atoms with van der Waals surface area (Å²) in [6.07, 6.45) is 3.50.